The third-order valence-corrected chi connectivity index (χ3v) is 3.32. The summed E-state index contributed by atoms with van der Waals surface area (Å²) in [5, 5.41) is 12.6. The zero-order chi connectivity index (χ0) is 12.4. The van der Waals surface area contributed by atoms with E-state index in [-0.39, 0.29) is 0 Å². The number of aromatic carboxylic acids is 1. The second-order valence-electron chi connectivity index (χ2n) is 5.09. The van der Waals surface area contributed by atoms with Gasteiger partial charge in [-0.05, 0) is 42.5 Å². The van der Waals surface area contributed by atoms with E-state index in [1.807, 2.05) is 6.07 Å². The van der Waals surface area contributed by atoms with Crippen LogP contribution in [0.2, 0.25) is 0 Å². The Balaban J connectivity index is 2.11. The van der Waals surface area contributed by atoms with Crippen LogP contribution in [0.5, 0.6) is 0 Å². The minimum absolute atomic E-state index is 0.481. The number of rotatable bonds is 4. The summed E-state index contributed by atoms with van der Waals surface area (Å²) < 4.78 is 0. The molecule has 3 nitrogen and oxygen atoms in total. The largest absolute Gasteiger partial charge is 0.478 e. The summed E-state index contributed by atoms with van der Waals surface area (Å²) in [4.78, 5) is 11.1. The lowest BCUT2D eigenvalue weighted by Gasteiger charge is -2.13. The number of carboxylic acid groups (broad SMARTS) is 1. The first-order valence-electron chi connectivity index (χ1n) is 6.15. The van der Waals surface area contributed by atoms with Gasteiger partial charge in [0.1, 0.15) is 0 Å². The molecule has 1 atom stereocenters. The monoisotopic (exact) mass is 233 g/mol. The Morgan fingerprint density at radius 2 is 2.24 bits per heavy atom. The van der Waals surface area contributed by atoms with E-state index in [9.17, 15) is 4.79 Å². The minimum Gasteiger partial charge on any atom is -0.478 e. The molecular formula is C14H19NO2. The highest BCUT2D eigenvalue weighted by atomic mass is 16.4. The molecule has 0 bridgehead atoms. The molecule has 1 aliphatic rings. The number of hydrogen-bond acceptors (Lipinski definition) is 2. The molecule has 0 saturated carbocycles. The Morgan fingerprint density at radius 1 is 1.47 bits per heavy atom. The van der Waals surface area contributed by atoms with Gasteiger partial charge in [-0.25, -0.2) is 4.79 Å². The molecule has 92 valence electrons. The van der Waals surface area contributed by atoms with Crippen molar-refractivity contribution < 1.29 is 9.90 Å². The fraction of sp³-hybridized carbons (Fsp3) is 0.500. The molecule has 1 aromatic carbocycles. The van der Waals surface area contributed by atoms with Crippen LogP contribution in [0, 0.1) is 5.92 Å². The number of benzene rings is 1. The Labute approximate surface area is 102 Å². The standard InChI is InChI=1S/C14H19NO2/c1-9(2)15-8-10-6-11-4-3-5-12(14(16)17)13(11)7-10/h3-5,9-10,15H,6-8H2,1-2H3,(H,16,17). The van der Waals surface area contributed by atoms with Crippen LogP contribution in [-0.2, 0) is 12.8 Å². The topological polar surface area (TPSA) is 49.3 Å². The van der Waals surface area contributed by atoms with Crippen LogP contribution in [0.25, 0.3) is 0 Å². The molecule has 0 saturated heterocycles. The SMILES string of the molecule is CC(C)NCC1Cc2cccc(C(=O)O)c2C1. The number of fused-ring (bicyclic) bond motifs is 1. The normalized spacial score (nSPS) is 18.4. The summed E-state index contributed by atoms with van der Waals surface area (Å²) in [7, 11) is 0. The molecule has 0 aliphatic heterocycles. The van der Waals surface area contributed by atoms with Crippen molar-refractivity contribution in [2.45, 2.75) is 32.7 Å². The van der Waals surface area contributed by atoms with E-state index < -0.39 is 5.97 Å². The summed E-state index contributed by atoms with van der Waals surface area (Å²) >= 11 is 0. The smallest absolute Gasteiger partial charge is 0.335 e. The van der Waals surface area contributed by atoms with Crippen LogP contribution in [0.15, 0.2) is 18.2 Å². The van der Waals surface area contributed by atoms with Crippen molar-refractivity contribution in [3.63, 3.8) is 0 Å². The molecule has 0 spiro atoms. The molecule has 0 amide bonds. The quantitative estimate of drug-likeness (QED) is 0.837. The van der Waals surface area contributed by atoms with Gasteiger partial charge < -0.3 is 10.4 Å². The molecule has 2 N–H and O–H groups in total. The van der Waals surface area contributed by atoms with Gasteiger partial charge in [-0.15, -0.1) is 0 Å². The van der Waals surface area contributed by atoms with Crippen LogP contribution in [0.4, 0.5) is 0 Å². The highest BCUT2D eigenvalue weighted by molar-refractivity contribution is 5.90. The molecule has 2 rings (SSSR count). The van der Waals surface area contributed by atoms with Crippen LogP contribution >= 0.6 is 0 Å². The van der Waals surface area contributed by atoms with Gasteiger partial charge in [-0.3, -0.25) is 0 Å². The molecule has 3 heteroatoms. The number of carboxylic acids is 1. The molecular weight excluding hydrogens is 214 g/mol. The zero-order valence-electron chi connectivity index (χ0n) is 10.4. The van der Waals surface area contributed by atoms with Gasteiger partial charge >= 0.3 is 5.97 Å². The van der Waals surface area contributed by atoms with E-state index in [1.165, 1.54) is 5.56 Å². The van der Waals surface area contributed by atoms with E-state index in [4.69, 9.17) is 5.11 Å². The average Bonchev–Trinajstić information content (AvgIpc) is 2.68. The molecule has 1 unspecified atom stereocenters. The molecule has 0 radical (unpaired) electrons. The zero-order valence-corrected chi connectivity index (χ0v) is 10.4. The third-order valence-electron chi connectivity index (χ3n) is 3.32. The van der Waals surface area contributed by atoms with Gasteiger partial charge in [0.05, 0.1) is 5.56 Å². The summed E-state index contributed by atoms with van der Waals surface area (Å²) in [5.74, 6) is -0.271. The molecule has 0 fully saturated rings. The lowest BCUT2D eigenvalue weighted by atomic mass is 10.0. The minimum atomic E-state index is -0.806. The maximum absolute atomic E-state index is 11.1. The van der Waals surface area contributed by atoms with Crippen molar-refractivity contribution in [3.05, 3.63) is 34.9 Å². The average molecular weight is 233 g/mol. The summed E-state index contributed by atoms with van der Waals surface area (Å²) in [6.07, 6.45) is 1.88. The van der Waals surface area contributed by atoms with E-state index in [0.717, 1.165) is 24.9 Å². The molecule has 0 aromatic heterocycles. The van der Waals surface area contributed by atoms with Crippen molar-refractivity contribution >= 4 is 5.97 Å². The third kappa shape index (κ3) is 2.67. The maximum atomic E-state index is 11.1. The summed E-state index contributed by atoms with van der Waals surface area (Å²) in [5.41, 5.74) is 2.73. The maximum Gasteiger partial charge on any atom is 0.335 e. The first kappa shape index (κ1) is 12.1. The Hall–Kier alpha value is -1.35. The Kier molecular flexibility index (Phi) is 3.48. The van der Waals surface area contributed by atoms with Crippen molar-refractivity contribution in [2.24, 2.45) is 5.92 Å². The van der Waals surface area contributed by atoms with Gasteiger partial charge in [0, 0.05) is 6.04 Å². The predicted molar refractivity (Wildman–Crippen MR) is 67.4 cm³/mol. The van der Waals surface area contributed by atoms with Gasteiger partial charge in [-0.1, -0.05) is 26.0 Å². The van der Waals surface area contributed by atoms with Crippen LogP contribution < -0.4 is 5.32 Å². The highest BCUT2D eigenvalue weighted by Crippen LogP contribution is 2.29. The summed E-state index contributed by atoms with van der Waals surface area (Å²) in [6, 6.07) is 6.09. The number of nitrogens with one attached hydrogen (secondary N) is 1. The van der Waals surface area contributed by atoms with Crippen LogP contribution in [0.3, 0.4) is 0 Å². The van der Waals surface area contributed by atoms with Gasteiger partial charge in [0.25, 0.3) is 0 Å². The fourth-order valence-electron chi connectivity index (χ4n) is 2.49. The lowest BCUT2D eigenvalue weighted by Crippen LogP contribution is -2.29. The fourth-order valence-corrected chi connectivity index (χ4v) is 2.49. The second kappa shape index (κ2) is 4.88. The van der Waals surface area contributed by atoms with Gasteiger partial charge in [0.15, 0.2) is 0 Å². The molecule has 1 aromatic rings. The van der Waals surface area contributed by atoms with Gasteiger partial charge in [0.2, 0.25) is 0 Å². The van der Waals surface area contributed by atoms with E-state index in [2.05, 4.69) is 25.2 Å². The van der Waals surface area contributed by atoms with E-state index >= 15 is 0 Å². The number of hydrogen-bond donors (Lipinski definition) is 2. The van der Waals surface area contributed by atoms with Crippen molar-refractivity contribution in [2.75, 3.05) is 6.54 Å². The highest BCUT2D eigenvalue weighted by Gasteiger charge is 2.25. The van der Waals surface area contributed by atoms with Crippen molar-refractivity contribution in [3.8, 4) is 0 Å². The molecule has 17 heavy (non-hydrogen) atoms. The first-order chi connectivity index (χ1) is 8.08. The van der Waals surface area contributed by atoms with E-state index in [1.54, 1.807) is 6.07 Å². The van der Waals surface area contributed by atoms with Crippen molar-refractivity contribution in [1.82, 2.24) is 5.32 Å². The molecule has 0 heterocycles. The van der Waals surface area contributed by atoms with Crippen LogP contribution in [-0.4, -0.2) is 23.7 Å². The van der Waals surface area contributed by atoms with Gasteiger partial charge in [-0.2, -0.15) is 0 Å². The van der Waals surface area contributed by atoms with Crippen molar-refractivity contribution in [1.29, 1.82) is 0 Å². The summed E-state index contributed by atoms with van der Waals surface area (Å²) in [6.45, 7) is 5.22. The number of carbonyl (C=O) groups is 1. The second-order valence-corrected chi connectivity index (χ2v) is 5.09. The van der Waals surface area contributed by atoms with E-state index in [0.29, 0.717) is 17.5 Å². The predicted octanol–water partition coefficient (Wildman–Crippen LogP) is 2.10. The van der Waals surface area contributed by atoms with Crippen LogP contribution in [0.1, 0.15) is 35.3 Å². The first-order valence-corrected chi connectivity index (χ1v) is 6.15. The lowest BCUT2D eigenvalue weighted by molar-refractivity contribution is 0.0695. The Bertz CT molecular complexity index is 426. The molecule has 1 aliphatic carbocycles. The Morgan fingerprint density at radius 3 is 2.88 bits per heavy atom.